The molecule has 1 aliphatic heterocycles. The van der Waals surface area contributed by atoms with Crippen LogP contribution >= 0.6 is 0 Å². The summed E-state index contributed by atoms with van der Waals surface area (Å²) < 4.78 is 27.7. The molecule has 18 heavy (non-hydrogen) atoms. The summed E-state index contributed by atoms with van der Waals surface area (Å²) >= 11 is 0. The molecule has 0 unspecified atom stereocenters. The monoisotopic (exact) mass is 273 g/mol. The fraction of sp³-hybridized carbons (Fsp3) is 0.700. The Balaban J connectivity index is 2.20. The number of anilines is 1. The summed E-state index contributed by atoms with van der Waals surface area (Å²) in [4.78, 5) is 2.33. The van der Waals surface area contributed by atoms with Crippen molar-refractivity contribution in [1.29, 1.82) is 0 Å². The molecule has 1 saturated heterocycles. The molecule has 0 radical (unpaired) electrons. The van der Waals surface area contributed by atoms with Crippen LogP contribution in [0.25, 0.3) is 0 Å². The molecule has 2 N–H and O–H groups in total. The smallest absolute Gasteiger partial charge is 0.248 e. The molecule has 0 aromatic carbocycles. The number of likely N-dealkylation sites (N-methyl/N-ethyl adjacent to an activating group) is 1. The van der Waals surface area contributed by atoms with E-state index in [0.29, 0.717) is 13.1 Å². The number of aryl methyl sites for hydroxylation is 1. The standard InChI is InChI=1S/C10H19N5O2S/c1-3-14-4-6-15(7-5-14)18(16,17)9-8-13(2)12-10(9)11/h8H,3-7H2,1-2H3,(H2,11,12). The minimum absolute atomic E-state index is 0.0652. The quantitative estimate of drug-likeness (QED) is 0.789. The first-order valence-electron chi connectivity index (χ1n) is 5.96. The van der Waals surface area contributed by atoms with Gasteiger partial charge in [-0.25, -0.2) is 8.42 Å². The second-order valence-corrected chi connectivity index (χ2v) is 6.30. The molecule has 1 aliphatic rings. The number of nitrogens with two attached hydrogens (primary N) is 1. The molecule has 0 saturated carbocycles. The van der Waals surface area contributed by atoms with Crippen molar-refractivity contribution in [3.63, 3.8) is 0 Å². The van der Waals surface area contributed by atoms with Crippen LogP contribution in [0.5, 0.6) is 0 Å². The molecular weight excluding hydrogens is 254 g/mol. The van der Waals surface area contributed by atoms with E-state index < -0.39 is 10.0 Å². The van der Waals surface area contributed by atoms with E-state index in [-0.39, 0.29) is 10.7 Å². The average molecular weight is 273 g/mol. The lowest BCUT2D eigenvalue weighted by molar-refractivity contribution is 0.196. The van der Waals surface area contributed by atoms with Crippen LogP contribution in [0.4, 0.5) is 5.82 Å². The van der Waals surface area contributed by atoms with E-state index in [1.54, 1.807) is 7.05 Å². The van der Waals surface area contributed by atoms with Gasteiger partial charge in [-0.2, -0.15) is 9.40 Å². The van der Waals surface area contributed by atoms with Crippen molar-refractivity contribution in [3.05, 3.63) is 6.20 Å². The van der Waals surface area contributed by atoms with Gasteiger partial charge in [0.05, 0.1) is 0 Å². The number of sulfonamides is 1. The predicted molar refractivity (Wildman–Crippen MR) is 68.5 cm³/mol. The summed E-state index contributed by atoms with van der Waals surface area (Å²) in [6.07, 6.45) is 1.46. The molecule has 2 heterocycles. The first-order chi connectivity index (χ1) is 8.45. The van der Waals surface area contributed by atoms with Crippen LogP contribution in [0.1, 0.15) is 6.92 Å². The van der Waals surface area contributed by atoms with Crippen LogP contribution < -0.4 is 5.73 Å². The number of nitrogens with zero attached hydrogens (tertiary/aromatic N) is 4. The average Bonchev–Trinajstić information content (AvgIpc) is 2.69. The highest BCUT2D eigenvalue weighted by Crippen LogP contribution is 2.21. The van der Waals surface area contributed by atoms with Gasteiger partial charge in [0.25, 0.3) is 0 Å². The maximum absolute atomic E-state index is 12.4. The highest BCUT2D eigenvalue weighted by molar-refractivity contribution is 7.89. The zero-order chi connectivity index (χ0) is 13.3. The summed E-state index contributed by atoms with van der Waals surface area (Å²) in [6.45, 7) is 5.55. The summed E-state index contributed by atoms with van der Waals surface area (Å²) in [6, 6.07) is 0. The Morgan fingerprint density at radius 1 is 1.33 bits per heavy atom. The molecule has 7 nitrogen and oxygen atoms in total. The lowest BCUT2D eigenvalue weighted by Gasteiger charge is -2.32. The molecule has 2 rings (SSSR count). The second kappa shape index (κ2) is 4.87. The Morgan fingerprint density at radius 3 is 2.39 bits per heavy atom. The van der Waals surface area contributed by atoms with Crippen LogP contribution in [0.15, 0.2) is 11.1 Å². The maximum atomic E-state index is 12.4. The van der Waals surface area contributed by atoms with Crippen molar-refractivity contribution in [3.8, 4) is 0 Å². The fourth-order valence-corrected chi connectivity index (χ4v) is 3.62. The molecule has 0 spiro atoms. The molecule has 0 aliphatic carbocycles. The second-order valence-electron chi connectivity index (χ2n) is 4.39. The van der Waals surface area contributed by atoms with Crippen molar-refractivity contribution in [2.45, 2.75) is 11.8 Å². The number of nitrogen functional groups attached to an aromatic ring is 1. The number of aromatic nitrogens is 2. The van der Waals surface area contributed by atoms with E-state index >= 15 is 0 Å². The van der Waals surface area contributed by atoms with E-state index in [1.165, 1.54) is 15.2 Å². The highest BCUT2D eigenvalue weighted by Gasteiger charge is 2.30. The molecule has 1 aromatic rings. The number of hydrogen-bond acceptors (Lipinski definition) is 5. The van der Waals surface area contributed by atoms with Gasteiger partial charge in [-0.1, -0.05) is 6.92 Å². The predicted octanol–water partition coefficient (Wildman–Crippen LogP) is -0.671. The largest absolute Gasteiger partial charge is 0.381 e. The Morgan fingerprint density at radius 2 is 1.94 bits per heavy atom. The Bertz CT molecular complexity index is 516. The molecule has 0 bridgehead atoms. The van der Waals surface area contributed by atoms with Crippen molar-refractivity contribution in [2.24, 2.45) is 7.05 Å². The molecule has 1 aromatic heterocycles. The van der Waals surface area contributed by atoms with Gasteiger partial charge < -0.3 is 10.6 Å². The van der Waals surface area contributed by atoms with Crippen LogP contribution in [-0.2, 0) is 17.1 Å². The van der Waals surface area contributed by atoms with Crippen LogP contribution in [0, 0.1) is 0 Å². The maximum Gasteiger partial charge on any atom is 0.248 e. The van der Waals surface area contributed by atoms with Crippen molar-refractivity contribution < 1.29 is 8.42 Å². The van der Waals surface area contributed by atoms with E-state index in [9.17, 15) is 8.42 Å². The van der Waals surface area contributed by atoms with Gasteiger partial charge in [-0.3, -0.25) is 4.68 Å². The Kier molecular flexibility index (Phi) is 3.60. The lowest BCUT2D eigenvalue weighted by Crippen LogP contribution is -2.48. The van der Waals surface area contributed by atoms with Gasteiger partial charge in [-0.15, -0.1) is 0 Å². The fourth-order valence-electron chi connectivity index (χ4n) is 2.11. The Labute approximate surface area is 107 Å². The van der Waals surface area contributed by atoms with Crippen LogP contribution in [0.3, 0.4) is 0 Å². The molecule has 0 atom stereocenters. The van der Waals surface area contributed by atoms with E-state index in [0.717, 1.165) is 19.6 Å². The minimum Gasteiger partial charge on any atom is -0.381 e. The third-order valence-electron chi connectivity index (χ3n) is 3.22. The summed E-state index contributed by atoms with van der Waals surface area (Å²) in [5.74, 6) is 0.0652. The van der Waals surface area contributed by atoms with Gasteiger partial charge in [0.15, 0.2) is 5.82 Å². The topological polar surface area (TPSA) is 84.5 Å². The van der Waals surface area contributed by atoms with E-state index in [2.05, 4.69) is 16.9 Å². The summed E-state index contributed by atoms with van der Waals surface area (Å²) in [5.41, 5.74) is 5.64. The minimum atomic E-state index is -3.51. The molecule has 8 heteroatoms. The van der Waals surface area contributed by atoms with Crippen molar-refractivity contribution >= 4 is 15.8 Å². The normalized spacial score (nSPS) is 19.2. The zero-order valence-electron chi connectivity index (χ0n) is 10.7. The Hall–Kier alpha value is -1.12. The summed E-state index contributed by atoms with van der Waals surface area (Å²) in [5, 5.41) is 3.88. The molecule has 0 amide bonds. The van der Waals surface area contributed by atoms with Crippen LogP contribution in [-0.4, -0.2) is 60.1 Å². The number of rotatable bonds is 3. The molecular formula is C10H19N5O2S. The van der Waals surface area contributed by atoms with Gasteiger partial charge in [0, 0.05) is 39.4 Å². The van der Waals surface area contributed by atoms with E-state index in [4.69, 9.17) is 5.73 Å². The van der Waals surface area contributed by atoms with Gasteiger partial charge in [0.2, 0.25) is 10.0 Å². The van der Waals surface area contributed by atoms with E-state index in [1.807, 2.05) is 0 Å². The van der Waals surface area contributed by atoms with Crippen molar-refractivity contribution in [1.82, 2.24) is 19.0 Å². The van der Waals surface area contributed by atoms with Crippen LogP contribution in [0.2, 0.25) is 0 Å². The van der Waals surface area contributed by atoms with Gasteiger partial charge in [0.1, 0.15) is 4.90 Å². The summed E-state index contributed by atoms with van der Waals surface area (Å²) in [7, 11) is -1.85. The third-order valence-corrected chi connectivity index (χ3v) is 5.13. The lowest BCUT2D eigenvalue weighted by atomic mass is 10.4. The first kappa shape index (κ1) is 13.3. The molecule has 1 fully saturated rings. The van der Waals surface area contributed by atoms with Gasteiger partial charge >= 0.3 is 0 Å². The highest BCUT2D eigenvalue weighted by atomic mass is 32.2. The molecule has 102 valence electrons. The first-order valence-corrected chi connectivity index (χ1v) is 7.40. The SMILES string of the molecule is CCN1CCN(S(=O)(=O)c2cn(C)nc2N)CC1. The number of piperazine rings is 1. The zero-order valence-corrected chi connectivity index (χ0v) is 11.5. The van der Waals surface area contributed by atoms with Gasteiger partial charge in [-0.05, 0) is 6.54 Å². The van der Waals surface area contributed by atoms with Crippen molar-refractivity contribution in [2.75, 3.05) is 38.5 Å². The third kappa shape index (κ3) is 2.36. The number of hydrogen-bond donors (Lipinski definition) is 1.